The molecule has 3 rings (SSSR count). The first-order chi connectivity index (χ1) is 13.0. The molecular weight excluding hydrogens is 372 g/mol. The van der Waals surface area contributed by atoms with E-state index >= 15 is 0 Å². The summed E-state index contributed by atoms with van der Waals surface area (Å²) in [5.41, 5.74) is 0.689. The van der Waals surface area contributed by atoms with Crippen molar-refractivity contribution >= 4 is 29.2 Å². The van der Waals surface area contributed by atoms with E-state index in [1.165, 1.54) is 30.5 Å². The maximum atomic E-state index is 12.6. The summed E-state index contributed by atoms with van der Waals surface area (Å²) >= 11 is 5.81. The monoisotopic (exact) mass is 384 g/mol. The summed E-state index contributed by atoms with van der Waals surface area (Å²) in [4.78, 5) is 35.1. The van der Waals surface area contributed by atoms with Crippen LogP contribution >= 0.6 is 11.6 Å². The van der Waals surface area contributed by atoms with Crippen molar-refractivity contribution in [3.63, 3.8) is 0 Å². The highest BCUT2D eigenvalue weighted by atomic mass is 35.5. The quantitative estimate of drug-likeness (QED) is 0.596. The van der Waals surface area contributed by atoms with E-state index in [9.17, 15) is 19.6 Å². The number of anilines is 1. The molecule has 1 unspecified atom stereocenters. The Morgan fingerprint density at radius 1 is 1.11 bits per heavy atom. The Hall–Kier alpha value is -3.45. The molecule has 1 amide bonds. The van der Waals surface area contributed by atoms with Crippen LogP contribution in [0.1, 0.15) is 38.1 Å². The smallest absolute Gasteiger partial charge is 0.337 e. The van der Waals surface area contributed by atoms with Gasteiger partial charge in [0.2, 0.25) is 0 Å². The standard InChI is InChI=1S/C19H13ClN2O5/c20-13-6-7-15(14(10-13)19(24)25)21-18(23)12-4-1-3-11(9-12)17(22-26)16-5-2-8-27-16/h1-10,17H,(H,21,23)(H,24,25). The first-order valence-corrected chi connectivity index (χ1v) is 8.17. The Morgan fingerprint density at radius 3 is 2.59 bits per heavy atom. The van der Waals surface area contributed by atoms with Crippen LogP contribution in [0.3, 0.4) is 0 Å². The first-order valence-electron chi connectivity index (χ1n) is 7.79. The van der Waals surface area contributed by atoms with E-state index in [2.05, 4.69) is 10.5 Å². The second kappa shape index (κ2) is 7.84. The summed E-state index contributed by atoms with van der Waals surface area (Å²) in [6.07, 6.45) is 1.43. The van der Waals surface area contributed by atoms with Crippen LogP contribution in [0.15, 0.2) is 70.5 Å². The van der Waals surface area contributed by atoms with Gasteiger partial charge in [0.05, 0.1) is 17.5 Å². The Kier molecular flexibility index (Phi) is 5.33. The molecule has 0 saturated carbocycles. The van der Waals surface area contributed by atoms with Crippen molar-refractivity contribution in [2.24, 2.45) is 5.18 Å². The van der Waals surface area contributed by atoms with Crippen molar-refractivity contribution in [2.75, 3.05) is 5.32 Å². The number of rotatable bonds is 6. The van der Waals surface area contributed by atoms with E-state index in [1.54, 1.807) is 30.3 Å². The van der Waals surface area contributed by atoms with Crippen molar-refractivity contribution in [3.8, 4) is 0 Å². The third kappa shape index (κ3) is 4.04. The number of benzene rings is 2. The second-order valence-electron chi connectivity index (χ2n) is 5.60. The SMILES string of the molecule is O=NC(c1cccc(C(=O)Nc2ccc(Cl)cc2C(=O)O)c1)c1ccco1. The molecule has 0 fully saturated rings. The van der Waals surface area contributed by atoms with Crippen molar-refractivity contribution in [1.82, 2.24) is 0 Å². The molecule has 1 heterocycles. The van der Waals surface area contributed by atoms with Crippen LogP contribution in [0, 0.1) is 4.91 Å². The second-order valence-corrected chi connectivity index (χ2v) is 6.03. The van der Waals surface area contributed by atoms with Crippen molar-refractivity contribution < 1.29 is 19.1 Å². The molecule has 7 nitrogen and oxygen atoms in total. The number of carboxylic acids is 1. The van der Waals surface area contributed by atoms with E-state index in [0.29, 0.717) is 11.3 Å². The van der Waals surface area contributed by atoms with E-state index in [-0.39, 0.29) is 21.8 Å². The van der Waals surface area contributed by atoms with Gasteiger partial charge in [-0.15, -0.1) is 4.91 Å². The fourth-order valence-electron chi connectivity index (χ4n) is 2.57. The zero-order valence-electron chi connectivity index (χ0n) is 13.8. The number of halogens is 1. The maximum Gasteiger partial charge on any atom is 0.337 e. The topological polar surface area (TPSA) is 109 Å². The number of carbonyl (C=O) groups is 2. The molecule has 2 aromatic carbocycles. The summed E-state index contributed by atoms with van der Waals surface area (Å²) in [5.74, 6) is -1.40. The summed E-state index contributed by atoms with van der Waals surface area (Å²) in [6.45, 7) is 0. The number of nitrogens with one attached hydrogen (secondary N) is 1. The van der Waals surface area contributed by atoms with Gasteiger partial charge in [-0.2, -0.15) is 0 Å². The molecule has 0 spiro atoms. The highest BCUT2D eigenvalue weighted by Gasteiger charge is 2.20. The molecule has 2 N–H and O–H groups in total. The molecule has 1 atom stereocenters. The van der Waals surface area contributed by atoms with Crippen molar-refractivity contribution in [1.29, 1.82) is 0 Å². The van der Waals surface area contributed by atoms with Crippen LogP contribution in [-0.2, 0) is 0 Å². The number of carbonyl (C=O) groups excluding carboxylic acids is 1. The number of carboxylic acid groups (broad SMARTS) is 1. The number of amides is 1. The third-order valence-corrected chi connectivity index (χ3v) is 4.08. The molecule has 1 aromatic heterocycles. The highest BCUT2D eigenvalue weighted by molar-refractivity contribution is 6.31. The molecular formula is C19H13ClN2O5. The fraction of sp³-hybridized carbons (Fsp3) is 0.0526. The molecule has 0 saturated heterocycles. The zero-order chi connectivity index (χ0) is 19.4. The fourth-order valence-corrected chi connectivity index (χ4v) is 2.74. The molecule has 0 aliphatic carbocycles. The van der Waals surface area contributed by atoms with Crippen LogP contribution in [0.5, 0.6) is 0 Å². The van der Waals surface area contributed by atoms with Gasteiger partial charge >= 0.3 is 5.97 Å². The molecule has 27 heavy (non-hydrogen) atoms. The van der Waals surface area contributed by atoms with E-state index in [1.807, 2.05) is 0 Å². The predicted molar refractivity (Wildman–Crippen MR) is 99.2 cm³/mol. The number of nitroso groups, excluding NO2 is 1. The molecule has 8 heteroatoms. The maximum absolute atomic E-state index is 12.6. The van der Waals surface area contributed by atoms with Crippen LogP contribution < -0.4 is 5.32 Å². The Morgan fingerprint density at radius 2 is 1.93 bits per heavy atom. The van der Waals surface area contributed by atoms with Gasteiger partial charge in [-0.3, -0.25) is 4.79 Å². The van der Waals surface area contributed by atoms with Crippen LogP contribution in [0.4, 0.5) is 5.69 Å². The lowest BCUT2D eigenvalue weighted by atomic mass is 10.0. The number of hydrogen-bond acceptors (Lipinski definition) is 5. The lowest BCUT2D eigenvalue weighted by molar-refractivity contribution is 0.0698. The molecule has 0 aliphatic heterocycles. The van der Waals surface area contributed by atoms with Gasteiger partial charge in [0, 0.05) is 10.6 Å². The minimum Gasteiger partial charge on any atom is -0.478 e. The van der Waals surface area contributed by atoms with Crippen molar-refractivity contribution in [2.45, 2.75) is 6.04 Å². The Balaban J connectivity index is 1.89. The van der Waals surface area contributed by atoms with Crippen LogP contribution in [-0.4, -0.2) is 17.0 Å². The van der Waals surface area contributed by atoms with Gasteiger partial charge in [0.1, 0.15) is 5.76 Å². The Bertz CT molecular complexity index is 1000. The molecule has 0 aliphatic rings. The number of furan rings is 1. The summed E-state index contributed by atoms with van der Waals surface area (Å²) < 4.78 is 5.22. The largest absolute Gasteiger partial charge is 0.478 e. The lowest BCUT2D eigenvalue weighted by Gasteiger charge is -2.11. The van der Waals surface area contributed by atoms with Gasteiger partial charge in [0.25, 0.3) is 5.91 Å². The average molecular weight is 385 g/mol. The van der Waals surface area contributed by atoms with E-state index < -0.39 is 17.9 Å². The summed E-state index contributed by atoms with van der Waals surface area (Å²) in [6, 6.07) is 12.8. The third-order valence-electron chi connectivity index (χ3n) is 3.84. The number of hydrogen-bond donors (Lipinski definition) is 2. The summed E-state index contributed by atoms with van der Waals surface area (Å²) in [7, 11) is 0. The average Bonchev–Trinajstić information content (AvgIpc) is 3.18. The van der Waals surface area contributed by atoms with E-state index in [4.69, 9.17) is 16.0 Å². The van der Waals surface area contributed by atoms with E-state index in [0.717, 1.165) is 0 Å². The minimum absolute atomic E-state index is 0.110. The van der Waals surface area contributed by atoms with Crippen molar-refractivity contribution in [3.05, 3.63) is 93.2 Å². The molecule has 136 valence electrons. The molecule has 0 radical (unpaired) electrons. The predicted octanol–water partition coefficient (Wildman–Crippen LogP) is 4.74. The number of nitrogens with zero attached hydrogens (tertiary/aromatic N) is 1. The highest BCUT2D eigenvalue weighted by Crippen LogP contribution is 2.27. The first kappa shape index (κ1) is 18.3. The number of aromatic carboxylic acids is 1. The lowest BCUT2D eigenvalue weighted by Crippen LogP contribution is -2.15. The minimum atomic E-state index is -1.22. The van der Waals surface area contributed by atoms with Crippen LogP contribution in [0.2, 0.25) is 5.02 Å². The zero-order valence-corrected chi connectivity index (χ0v) is 14.5. The molecule has 0 bridgehead atoms. The molecule has 3 aromatic rings. The van der Waals surface area contributed by atoms with Gasteiger partial charge < -0.3 is 14.8 Å². The van der Waals surface area contributed by atoms with Gasteiger partial charge in [0.15, 0.2) is 6.04 Å². The van der Waals surface area contributed by atoms with Gasteiger partial charge in [-0.25, -0.2) is 4.79 Å². The Labute approximate surface area is 158 Å². The van der Waals surface area contributed by atoms with Gasteiger partial charge in [-0.05, 0) is 48.0 Å². The van der Waals surface area contributed by atoms with Crippen LogP contribution in [0.25, 0.3) is 0 Å². The van der Waals surface area contributed by atoms with Gasteiger partial charge in [-0.1, -0.05) is 28.9 Å². The normalized spacial score (nSPS) is 11.6. The summed E-state index contributed by atoms with van der Waals surface area (Å²) in [5, 5.41) is 15.1.